The van der Waals surface area contributed by atoms with Gasteiger partial charge in [0.25, 0.3) is 0 Å². The highest BCUT2D eigenvalue weighted by atomic mass is 79.9. The maximum Gasteiger partial charge on any atom is 0.191 e. The fraction of sp³-hybridized carbons (Fsp3) is 0.375. The highest BCUT2D eigenvalue weighted by molar-refractivity contribution is 9.10. The van der Waals surface area contributed by atoms with Crippen molar-refractivity contribution in [1.29, 1.82) is 0 Å². The van der Waals surface area contributed by atoms with Gasteiger partial charge in [-0.05, 0) is 44.5 Å². The Morgan fingerprint density at radius 2 is 2.13 bits per heavy atom. The minimum atomic E-state index is -0.257. The third-order valence-electron chi connectivity index (χ3n) is 3.18. The van der Waals surface area contributed by atoms with E-state index in [0.29, 0.717) is 19.0 Å². The van der Waals surface area contributed by atoms with Crippen LogP contribution < -0.4 is 10.6 Å². The average Bonchev–Trinajstić information content (AvgIpc) is 2.83. The summed E-state index contributed by atoms with van der Waals surface area (Å²) in [5.74, 6) is 0.446. The highest BCUT2D eigenvalue weighted by Crippen LogP contribution is 2.19. The topological polar surface area (TPSA) is 49.3 Å². The van der Waals surface area contributed by atoms with Crippen molar-refractivity contribution in [3.05, 3.63) is 49.6 Å². The summed E-state index contributed by atoms with van der Waals surface area (Å²) in [5, 5.41) is 7.55. The first-order valence-corrected chi connectivity index (χ1v) is 8.99. The summed E-state index contributed by atoms with van der Waals surface area (Å²) >= 11 is 5.10. The van der Waals surface area contributed by atoms with Gasteiger partial charge in [0.2, 0.25) is 0 Å². The molecule has 0 amide bonds. The number of aliphatic imine (C=N–C) groups is 1. The minimum Gasteiger partial charge on any atom is -0.357 e. The van der Waals surface area contributed by atoms with Crippen LogP contribution >= 0.6 is 27.3 Å². The van der Waals surface area contributed by atoms with E-state index in [1.165, 1.54) is 17.0 Å². The molecule has 0 unspecified atom stereocenters. The van der Waals surface area contributed by atoms with Crippen molar-refractivity contribution in [3.63, 3.8) is 0 Å². The molecule has 1 aromatic heterocycles. The molecule has 2 aromatic rings. The van der Waals surface area contributed by atoms with Gasteiger partial charge in [0, 0.05) is 15.9 Å². The normalized spacial score (nSPS) is 11.6. The van der Waals surface area contributed by atoms with Gasteiger partial charge in [0.1, 0.15) is 5.82 Å². The second-order valence-electron chi connectivity index (χ2n) is 5.03. The van der Waals surface area contributed by atoms with E-state index >= 15 is 0 Å². The Morgan fingerprint density at radius 1 is 1.35 bits per heavy atom. The molecule has 7 heteroatoms. The fourth-order valence-electron chi connectivity index (χ4n) is 2.07. The van der Waals surface area contributed by atoms with Crippen LogP contribution in [0.3, 0.4) is 0 Å². The predicted molar refractivity (Wildman–Crippen MR) is 97.3 cm³/mol. The zero-order valence-electron chi connectivity index (χ0n) is 13.4. The van der Waals surface area contributed by atoms with E-state index in [-0.39, 0.29) is 5.82 Å². The summed E-state index contributed by atoms with van der Waals surface area (Å²) in [6.07, 6.45) is 0. The second-order valence-corrected chi connectivity index (χ2v) is 7.17. The molecule has 0 spiro atoms. The van der Waals surface area contributed by atoms with Crippen molar-refractivity contribution in [2.45, 2.75) is 33.9 Å². The molecule has 1 aromatic carbocycles. The average molecular weight is 399 g/mol. The van der Waals surface area contributed by atoms with E-state index in [1.807, 2.05) is 20.8 Å². The van der Waals surface area contributed by atoms with Crippen LogP contribution in [-0.2, 0) is 13.1 Å². The van der Waals surface area contributed by atoms with Crippen LogP contribution in [0.2, 0.25) is 0 Å². The molecule has 0 aliphatic carbocycles. The number of aryl methyl sites for hydroxylation is 2. The van der Waals surface area contributed by atoms with E-state index in [0.717, 1.165) is 27.3 Å². The Labute approximate surface area is 148 Å². The molecule has 0 aliphatic rings. The van der Waals surface area contributed by atoms with Crippen LogP contribution in [0, 0.1) is 19.7 Å². The van der Waals surface area contributed by atoms with Crippen molar-refractivity contribution in [2.24, 2.45) is 4.99 Å². The molecule has 4 nitrogen and oxygen atoms in total. The summed E-state index contributed by atoms with van der Waals surface area (Å²) in [6, 6.07) is 4.62. The van der Waals surface area contributed by atoms with Gasteiger partial charge in [0.15, 0.2) is 5.96 Å². The van der Waals surface area contributed by atoms with Crippen LogP contribution in [-0.4, -0.2) is 17.5 Å². The van der Waals surface area contributed by atoms with Crippen molar-refractivity contribution in [1.82, 2.24) is 15.6 Å². The summed E-state index contributed by atoms with van der Waals surface area (Å²) in [7, 11) is 0. The SMILES string of the molecule is CCNC(=NCc1cc(F)ccc1Br)NCc1sc(C)nc1C. The Bertz CT molecular complexity index is 699. The van der Waals surface area contributed by atoms with Gasteiger partial charge >= 0.3 is 0 Å². The van der Waals surface area contributed by atoms with E-state index in [1.54, 1.807) is 17.4 Å². The smallest absolute Gasteiger partial charge is 0.191 e. The third-order valence-corrected chi connectivity index (χ3v) is 5.02. The third kappa shape index (κ3) is 5.28. The Balaban J connectivity index is 2.05. The molecule has 1 heterocycles. The first kappa shape index (κ1) is 17.9. The number of guanidine groups is 1. The molecule has 0 fully saturated rings. The van der Waals surface area contributed by atoms with Gasteiger partial charge in [0.05, 0.1) is 23.8 Å². The summed E-state index contributed by atoms with van der Waals surface area (Å²) in [6.45, 7) is 7.85. The first-order chi connectivity index (χ1) is 11.0. The Morgan fingerprint density at radius 3 is 2.78 bits per heavy atom. The molecule has 0 saturated carbocycles. The molecule has 0 aliphatic heterocycles. The van der Waals surface area contributed by atoms with Crippen LogP contribution in [0.5, 0.6) is 0 Å². The van der Waals surface area contributed by atoms with Gasteiger partial charge < -0.3 is 10.6 Å². The lowest BCUT2D eigenvalue weighted by Crippen LogP contribution is -2.36. The summed E-state index contributed by atoms with van der Waals surface area (Å²) < 4.78 is 14.2. The van der Waals surface area contributed by atoms with E-state index < -0.39 is 0 Å². The minimum absolute atomic E-state index is 0.257. The number of halogens is 2. The lowest BCUT2D eigenvalue weighted by molar-refractivity contribution is 0.625. The zero-order chi connectivity index (χ0) is 16.8. The summed E-state index contributed by atoms with van der Waals surface area (Å²) in [5.41, 5.74) is 1.86. The van der Waals surface area contributed by atoms with Crippen molar-refractivity contribution < 1.29 is 4.39 Å². The standard InChI is InChI=1S/C16H20BrFN4S/c1-4-19-16(21-9-15-10(2)22-11(3)23-15)20-8-12-7-13(18)5-6-14(12)17/h5-7H,4,8-9H2,1-3H3,(H2,19,20,21). The van der Waals surface area contributed by atoms with Crippen LogP contribution in [0.25, 0.3) is 0 Å². The van der Waals surface area contributed by atoms with Crippen molar-refractivity contribution in [3.8, 4) is 0 Å². The first-order valence-electron chi connectivity index (χ1n) is 7.38. The van der Waals surface area contributed by atoms with Gasteiger partial charge in [-0.1, -0.05) is 15.9 Å². The number of thiazole rings is 1. The van der Waals surface area contributed by atoms with Crippen molar-refractivity contribution >= 4 is 33.2 Å². The van der Waals surface area contributed by atoms with E-state index in [4.69, 9.17) is 0 Å². The number of hydrogen-bond donors (Lipinski definition) is 2. The number of nitrogens with zero attached hydrogens (tertiary/aromatic N) is 2. The zero-order valence-corrected chi connectivity index (χ0v) is 15.8. The number of nitrogens with one attached hydrogen (secondary N) is 2. The molecule has 2 rings (SSSR count). The molecule has 0 radical (unpaired) electrons. The number of aromatic nitrogens is 1. The Kier molecular flexibility index (Phi) is 6.53. The molecule has 124 valence electrons. The largest absolute Gasteiger partial charge is 0.357 e. The number of benzene rings is 1. The van der Waals surface area contributed by atoms with Gasteiger partial charge in [-0.3, -0.25) is 0 Å². The number of rotatable bonds is 5. The van der Waals surface area contributed by atoms with Crippen LogP contribution in [0.15, 0.2) is 27.7 Å². The monoisotopic (exact) mass is 398 g/mol. The second kappa shape index (κ2) is 8.40. The molecule has 0 bridgehead atoms. The molecular weight excluding hydrogens is 379 g/mol. The van der Waals surface area contributed by atoms with E-state index in [9.17, 15) is 4.39 Å². The Hall–Kier alpha value is -1.47. The predicted octanol–water partition coefficient (Wildman–Crippen LogP) is 3.92. The van der Waals surface area contributed by atoms with Crippen molar-refractivity contribution in [2.75, 3.05) is 6.54 Å². The van der Waals surface area contributed by atoms with Gasteiger partial charge in [-0.25, -0.2) is 14.4 Å². The van der Waals surface area contributed by atoms with Gasteiger partial charge in [-0.2, -0.15) is 0 Å². The molecular formula is C16H20BrFN4S. The highest BCUT2D eigenvalue weighted by Gasteiger charge is 2.06. The lowest BCUT2D eigenvalue weighted by atomic mass is 10.2. The molecule has 2 N–H and O–H groups in total. The molecule has 23 heavy (non-hydrogen) atoms. The summed E-state index contributed by atoms with van der Waals surface area (Å²) in [4.78, 5) is 10.1. The maximum absolute atomic E-state index is 13.3. The van der Waals surface area contributed by atoms with Crippen LogP contribution in [0.4, 0.5) is 4.39 Å². The number of hydrogen-bond acceptors (Lipinski definition) is 3. The maximum atomic E-state index is 13.3. The van der Waals surface area contributed by atoms with Gasteiger partial charge in [-0.15, -0.1) is 11.3 Å². The molecule has 0 atom stereocenters. The van der Waals surface area contributed by atoms with Crippen LogP contribution in [0.1, 0.15) is 28.1 Å². The van der Waals surface area contributed by atoms with E-state index in [2.05, 4.69) is 36.5 Å². The lowest BCUT2D eigenvalue weighted by Gasteiger charge is -2.11. The fourth-order valence-corrected chi connectivity index (χ4v) is 3.32. The quantitative estimate of drug-likeness (QED) is 0.592. The molecule has 0 saturated heterocycles.